The van der Waals surface area contributed by atoms with Crippen molar-refractivity contribution in [1.29, 1.82) is 0 Å². The van der Waals surface area contributed by atoms with Gasteiger partial charge in [0, 0.05) is 27.3 Å². The Bertz CT molecular complexity index is 802. The first kappa shape index (κ1) is 20.0. The number of thiophene rings is 1. The van der Waals surface area contributed by atoms with E-state index in [-0.39, 0.29) is 24.4 Å². The number of nitrogens with one attached hydrogen (secondary N) is 2. The zero-order valence-corrected chi connectivity index (χ0v) is 17.7. The maximum absolute atomic E-state index is 12.6. The second-order valence-corrected chi connectivity index (χ2v) is 8.86. The molecule has 7 heteroatoms. The van der Waals surface area contributed by atoms with Crippen molar-refractivity contribution in [1.82, 2.24) is 10.2 Å². The monoisotopic (exact) mass is 449 g/mol. The van der Waals surface area contributed by atoms with Crippen LogP contribution in [0.25, 0.3) is 0 Å². The molecular weight excluding hydrogens is 426 g/mol. The number of amides is 2. The highest BCUT2D eigenvalue weighted by molar-refractivity contribution is 9.10. The topological polar surface area (TPSA) is 61.4 Å². The van der Waals surface area contributed by atoms with E-state index in [4.69, 9.17) is 0 Å². The molecule has 1 aliphatic rings. The van der Waals surface area contributed by atoms with Gasteiger partial charge in [-0.05, 0) is 54.0 Å². The highest BCUT2D eigenvalue weighted by Gasteiger charge is 2.20. The van der Waals surface area contributed by atoms with Crippen LogP contribution in [0.3, 0.4) is 0 Å². The summed E-state index contributed by atoms with van der Waals surface area (Å²) >= 11 is 5.10. The van der Waals surface area contributed by atoms with E-state index >= 15 is 0 Å². The molecule has 1 fully saturated rings. The summed E-state index contributed by atoms with van der Waals surface area (Å²) in [6, 6.07) is 9.49. The van der Waals surface area contributed by atoms with Crippen LogP contribution >= 0.6 is 27.3 Å². The molecular formula is C20H24BrN3O2S. The van der Waals surface area contributed by atoms with Gasteiger partial charge in [0.2, 0.25) is 5.91 Å². The number of likely N-dealkylation sites (N-methyl/N-ethyl adjacent to an activating group) is 1. The van der Waals surface area contributed by atoms with Gasteiger partial charge in [0.15, 0.2) is 0 Å². The molecule has 0 radical (unpaired) electrons. The molecule has 0 spiro atoms. The van der Waals surface area contributed by atoms with Gasteiger partial charge in [0.05, 0.1) is 17.8 Å². The molecule has 144 valence electrons. The summed E-state index contributed by atoms with van der Waals surface area (Å²) in [7, 11) is 1.91. The lowest BCUT2D eigenvalue weighted by molar-refractivity contribution is -0.117. The van der Waals surface area contributed by atoms with Crippen LogP contribution in [0.15, 0.2) is 40.2 Å². The number of nitrogens with zero attached hydrogens (tertiary/aromatic N) is 1. The Labute approximate surface area is 172 Å². The molecule has 1 saturated carbocycles. The van der Waals surface area contributed by atoms with Crippen LogP contribution in [-0.4, -0.2) is 36.3 Å². The number of anilines is 1. The lowest BCUT2D eigenvalue weighted by Crippen LogP contribution is -2.34. The first-order valence-electron chi connectivity index (χ1n) is 9.12. The summed E-state index contributed by atoms with van der Waals surface area (Å²) < 4.78 is 1.06. The van der Waals surface area contributed by atoms with Crippen molar-refractivity contribution in [3.8, 4) is 0 Å². The van der Waals surface area contributed by atoms with E-state index in [1.807, 2.05) is 29.5 Å². The first-order chi connectivity index (χ1) is 13.0. The summed E-state index contributed by atoms with van der Waals surface area (Å²) in [6.07, 6.45) is 4.39. The van der Waals surface area contributed by atoms with Crippen molar-refractivity contribution < 1.29 is 9.59 Å². The fourth-order valence-corrected chi connectivity index (χ4v) is 4.85. The molecule has 0 atom stereocenters. The quantitative estimate of drug-likeness (QED) is 0.663. The number of para-hydroxylation sites is 1. The second kappa shape index (κ2) is 9.48. The molecule has 1 aliphatic carbocycles. The normalized spacial score (nSPS) is 14.5. The van der Waals surface area contributed by atoms with Gasteiger partial charge in [-0.25, -0.2) is 0 Å². The van der Waals surface area contributed by atoms with Gasteiger partial charge in [0.1, 0.15) is 0 Å². The largest absolute Gasteiger partial charge is 0.349 e. The number of hydrogen-bond acceptors (Lipinski definition) is 4. The molecule has 1 heterocycles. The molecule has 3 rings (SSSR count). The zero-order chi connectivity index (χ0) is 19.2. The third-order valence-corrected chi connectivity index (χ3v) is 6.28. The molecule has 0 saturated heterocycles. The van der Waals surface area contributed by atoms with Gasteiger partial charge in [-0.3, -0.25) is 14.5 Å². The molecule has 27 heavy (non-hydrogen) atoms. The van der Waals surface area contributed by atoms with Crippen LogP contribution in [0, 0.1) is 0 Å². The molecule has 2 aromatic rings. The van der Waals surface area contributed by atoms with Crippen molar-refractivity contribution in [3.05, 3.63) is 50.6 Å². The highest BCUT2D eigenvalue weighted by atomic mass is 79.9. The van der Waals surface area contributed by atoms with Gasteiger partial charge in [0.25, 0.3) is 5.91 Å². The number of hydrogen-bond donors (Lipinski definition) is 2. The number of rotatable bonds is 7. The Kier molecular flexibility index (Phi) is 7.04. The van der Waals surface area contributed by atoms with Crippen LogP contribution < -0.4 is 10.6 Å². The van der Waals surface area contributed by atoms with Gasteiger partial charge in [-0.2, -0.15) is 0 Å². The van der Waals surface area contributed by atoms with Crippen molar-refractivity contribution in [2.45, 2.75) is 38.3 Å². The number of carbonyl (C=O) groups is 2. The lowest BCUT2D eigenvalue weighted by Gasteiger charge is -2.17. The minimum atomic E-state index is -0.130. The van der Waals surface area contributed by atoms with Crippen LogP contribution in [-0.2, 0) is 11.3 Å². The van der Waals surface area contributed by atoms with Gasteiger partial charge in [-0.15, -0.1) is 11.3 Å². The summed E-state index contributed by atoms with van der Waals surface area (Å²) in [5.74, 6) is -0.246. The standard InChI is InChI=1S/C20H24BrN3O2S/c1-24(11-16-10-14(21)13-27-16)12-19(25)23-18-9-5-4-8-17(18)20(26)22-15-6-2-3-7-15/h4-5,8-10,13,15H,2-3,6-7,11-12H2,1H3,(H,22,26)(H,23,25). The maximum Gasteiger partial charge on any atom is 0.253 e. The summed E-state index contributed by atoms with van der Waals surface area (Å²) in [5, 5.41) is 8.00. The van der Waals surface area contributed by atoms with E-state index in [0.717, 1.165) is 30.2 Å². The van der Waals surface area contributed by atoms with Crippen molar-refractivity contribution in [3.63, 3.8) is 0 Å². The van der Waals surface area contributed by atoms with E-state index in [1.165, 1.54) is 4.88 Å². The summed E-state index contributed by atoms with van der Waals surface area (Å²) in [5.41, 5.74) is 1.08. The smallest absolute Gasteiger partial charge is 0.253 e. The Morgan fingerprint density at radius 1 is 1.26 bits per heavy atom. The Morgan fingerprint density at radius 3 is 2.70 bits per heavy atom. The van der Waals surface area contributed by atoms with E-state index in [2.05, 4.69) is 32.6 Å². The molecule has 1 aromatic carbocycles. The number of carbonyl (C=O) groups excluding carboxylic acids is 2. The fourth-order valence-electron chi connectivity index (χ4n) is 3.32. The van der Waals surface area contributed by atoms with Crippen molar-refractivity contribution in [2.75, 3.05) is 18.9 Å². The molecule has 1 aromatic heterocycles. The predicted octanol–water partition coefficient (Wildman–Crippen LogP) is 4.25. The molecule has 0 aliphatic heterocycles. The van der Waals surface area contributed by atoms with Crippen LogP contribution in [0.2, 0.25) is 0 Å². The van der Waals surface area contributed by atoms with Gasteiger partial charge >= 0.3 is 0 Å². The molecule has 2 amide bonds. The van der Waals surface area contributed by atoms with E-state index in [0.29, 0.717) is 17.8 Å². The summed E-state index contributed by atoms with van der Waals surface area (Å²) in [6.45, 7) is 0.960. The Hall–Kier alpha value is -1.70. The summed E-state index contributed by atoms with van der Waals surface area (Å²) in [4.78, 5) is 28.2. The molecule has 0 bridgehead atoms. The Balaban J connectivity index is 1.57. The number of halogens is 1. The average Bonchev–Trinajstić information content (AvgIpc) is 3.26. The molecule has 0 unspecified atom stereocenters. The fraction of sp³-hybridized carbons (Fsp3) is 0.400. The lowest BCUT2D eigenvalue weighted by atomic mass is 10.1. The molecule has 2 N–H and O–H groups in total. The van der Waals surface area contributed by atoms with Crippen molar-refractivity contribution in [2.24, 2.45) is 0 Å². The van der Waals surface area contributed by atoms with Crippen LogP contribution in [0.4, 0.5) is 5.69 Å². The third kappa shape index (κ3) is 5.89. The first-order valence-corrected chi connectivity index (χ1v) is 10.8. The minimum absolute atomic E-state index is 0.116. The van der Waals surface area contributed by atoms with Gasteiger partial charge in [-0.1, -0.05) is 25.0 Å². The zero-order valence-electron chi connectivity index (χ0n) is 15.3. The SMILES string of the molecule is CN(CC(=O)Nc1ccccc1C(=O)NC1CCCC1)Cc1cc(Br)cs1. The van der Waals surface area contributed by atoms with Crippen LogP contribution in [0.1, 0.15) is 40.9 Å². The Morgan fingerprint density at radius 2 is 2.00 bits per heavy atom. The maximum atomic E-state index is 12.6. The number of benzene rings is 1. The highest BCUT2D eigenvalue weighted by Crippen LogP contribution is 2.22. The average molecular weight is 450 g/mol. The van der Waals surface area contributed by atoms with E-state index < -0.39 is 0 Å². The van der Waals surface area contributed by atoms with Crippen molar-refractivity contribution >= 4 is 44.8 Å². The predicted molar refractivity (Wildman–Crippen MR) is 113 cm³/mol. The molecule has 5 nitrogen and oxygen atoms in total. The third-order valence-electron chi connectivity index (χ3n) is 4.60. The minimum Gasteiger partial charge on any atom is -0.349 e. The second-order valence-electron chi connectivity index (χ2n) is 6.95. The van der Waals surface area contributed by atoms with Gasteiger partial charge < -0.3 is 10.6 Å². The van der Waals surface area contributed by atoms with Crippen LogP contribution in [0.5, 0.6) is 0 Å². The van der Waals surface area contributed by atoms with E-state index in [9.17, 15) is 9.59 Å². The van der Waals surface area contributed by atoms with E-state index in [1.54, 1.807) is 23.5 Å².